The molecule has 0 aliphatic rings. The topological polar surface area (TPSA) is 38.7 Å². The zero-order chi connectivity index (χ0) is 11.9. The second kappa shape index (κ2) is 3.47. The van der Waals surface area contributed by atoms with Gasteiger partial charge >= 0.3 is 0 Å². The van der Waals surface area contributed by atoms with Crippen LogP contribution in [0.2, 0.25) is 0 Å². The third-order valence-corrected chi connectivity index (χ3v) is 3.03. The average Bonchev–Trinajstić information content (AvgIpc) is 2.42. The molecule has 4 rings (SSSR count). The number of aromatic nitrogens is 3. The molecule has 0 bridgehead atoms. The van der Waals surface area contributed by atoms with Gasteiger partial charge in [0.1, 0.15) is 5.52 Å². The van der Waals surface area contributed by atoms with Crippen molar-refractivity contribution in [3.8, 4) is 0 Å². The van der Waals surface area contributed by atoms with Gasteiger partial charge in [0.05, 0.1) is 16.6 Å². The summed E-state index contributed by atoms with van der Waals surface area (Å²) in [6.45, 7) is 0. The van der Waals surface area contributed by atoms with E-state index in [0.717, 1.165) is 27.5 Å². The highest BCUT2D eigenvalue weighted by Crippen LogP contribution is 2.19. The SMILES string of the molecule is c1ccc2nc3nc4ccccc4nc3cc2c1. The monoisotopic (exact) mass is 231 g/mol. The number of benzene rings is 2. The largest absolute Gasteiger partial charge is 0.243 e. The fourth-order valence-corrected chi connectivity index (χ4v) is 2.16. The summed E-state index contributed by atoms with van der Waals surface area (Å²) in [5.74, 6) is 0. The summed E-state index contributed by atoms with van der Waals surface area (Å²) in [6, 6.07) is 17.9. The molecule has 2 aromatic carbocycles. The van der Waals surface area contributed by atoms with Crippen LogP contribution in [0.1, 0.15) is 0 Å². The molecule has 2 heterocycles. The molecule has 4 aromatic rings. The van der Waals surface area contributed by atoms with Crippen molar-refractivity contribution >= 4 is 33.1 Å². The van der Waals surface area contributed by atoms with Crippen molar-refractivity contribution in [1.29, 1.82) is 0 Å². The summed E-state index contributed by atoms with van der Waals surface area (Å²) in [4.78, 5) is 13.7. The van der Waals surface area contributed by atoms with E-state index in [-0.39, 0.29) is 0 Å². The van der Waals surface area contributed by atoms with Gasteiger partial charge in [-0.15, -0.1) is 0 Å². The minimum Gasteiger partial charge on any atom is -0.243 e. The van der Waals surface area contributed by atoms with Crippen molar-refractivity contribution in [2.24, 2.45) is 0 Å². The van der Waals surface area contributed by atoms with Gasteiger partial charge in [-0.2, -0.15) is 0 Å². The van der Waals surface area contributed by atoms with E-state index >= 15 is 0 Å². The van der Waals surface area contributed by atoms with E-state index in [2.05, 4.69) is 15.0 Å². The highest BCUT2D eigenvalue weighted by Gasteiger charge is 2.03. The molecule has 0 spiro atoms. The van der Waals surface area contributed by atoms with Gasteiger partial charge in [0.25, 0.3) is 0 Å². The first kappa shape index (κ1) is 9.48. The number of hydrogen-bond acceptors (Lipinski definition) is 3. The molecule has 0 unspecified atom stereocenters. The third-order valence-electron chi connectivity index (χ3n) is 3.03. The van der Waals surface area contributed by atoms with Gasteiger partial charge in [0.2, 0.25) is 0 Å². The summed E-state index contributed by atoms with van der Waals surface area (Å²) >= 11 is 0. The number of rotatable bonds is 0. The van der Waals surface area contributed by atoms with Gasteiger partial charge in [-0.1, -0.05) is 30.3 Å². The Hall–Kier alpha value is -2.55. The first-order valence-corrected chi connectivity index (χ1v) is 5.82. The standard InChI is InChI=1S/C15H9N3/c1-2-6-11-10(5-1)9-14-15(17-11)18-13-8-4-3-7-12(13)16-14/h1-9H. The molecular weight excluding hydrogens is 222 g/mol. The maximum Gasteiger partial charge on any atom is 0.179 e. The molecule has 3 heteroatoms. The quantitative estimate of drug-likeness (QED) is 0.436. The van der Waals surface area contributed by atoms with Gasteiger partial charge in [-0.05, 0) is 24.3 Å². The Bertz CT molecular complexity index is 740. The van der Waals surface area contributed by atoms with Gasteiger partial charge in [0.15, 0.2) is 5.65 Å². The van der Waals surface area contributed by atoms with Gasteiger partial charge in [0, 0.05) is 5.39 Å². The summed E-state index contributed by atoms with van der Waals surface area (Å²) < 4.78 is 0. The molecular formula is C15H9N3. The molecule has 0 N–H and O–H groups in total. The Morgan fingerprint density at radius 3 is 2.00 bits per heavy atom. The lowest BCUT2D eigenvalue weighted by atomic mass is 10.2. The first-order valence-electron chi connectivity index (χ1n) is 5.82. The number of nitrogens with zero attached hydrogens (tertiary/aromatic N) is 3. The zero-order valence-corrected chi connectivity index (χ0v) is 9.54. The second-order valence-corrected chi connectivity index (χ2v) is 4.24. The lowest BCUT2D eigenvalue weighted by Gasteiger charge is -2.02. The van der Waals surface area contributed by atoms with Crippen LogP contribution in [0, 0.1) is 0 Å². The molecule has 0 saturated heterocycles. The van der Waals surface area contributed by atoms with Crippen molar-refractivity contribution in [3.63, 3.8) is 0 Å². The number of hydrogen-bond donors (Lipinski definition) is 0. The van der Waals surface area contributed by atoms with Crippen molar-refractivity contribution in [1.82, 2.24) is 15.0 Å². The molecule has 0 radical (unpaired) electrons. The zero-order valence-electron chi connectivity index (χ0n) is 9.54. The predicted octanol–water partition coefficient (Wildman–Crippen LogP) is 3.33. The minimum atomic E-state index is 0.701. The second-order valence-electron chi connectivity index (χ2n) is 4.24. The van der Waals surface area contributed by atoms with E-state index in [1.54, 1.807) is 0 Å². The maximum absolute atomic E-state index is 4.60. The highest BCUT2D eigenvalue weighted by molar-refractivity contribution is 5.92. The molecule has 3 nitrogen and oxygen atoms in total. The van der Waals surface area contributed by atoms with E-state index < -0.39 is 0 Å². The minimum absolute atomic E-state index is 0.701. The molecule has 2 aromatic heterocycles. The molecule has 0 amide bonds. The van der Waals surface area contributed by atoms with Crippen LogP contribution in [0.4, 0.5) is 0 Å². The summed E-state index contributed by atoms with van der Waals surface area (Å²) in [5.41, 5.74) is 4.28. The highest BCUT2D eigenvalue weighted by atomic mass is 14.9. The van der Waals surface area contributed by atoms with E-state index in [1.807, 2.05) is 54.6 Å². The van der Waals surface area contributed by atoms with Crippen LogP contribution in [0.3, 0.4) is 0 Å². The van der Waals surface area contributed by atoms with Crippen LogP contribution in [0.5, 0.6) is 0 Å². The van der Waals surface area contributed by atoms with Crippen LogP contribution >= 0.6 is 0 Å². The fourth-order valence-electron chi connectivity index (χ4n) is 2.16. The van der Waals surface area contributed by atoms with Crippen molar-refractivity contribution < 1.29 is 0 Å². The molecule has 0 fully saturated rings. The molecule has 0 aliphatic carbocycles. The Morgan fingerprint density at radius 2 is 1.17 bits per heavy atom. The van der Waals surface area contributed by atoms with E-state index in [9.17, 15) is 0 Å². The Morgan fingerprint density at radius 1 is 0.556 bits per heavy atom. The number of fused-ring (bicyclic) bond motifs is 3. The smallest absolute Gasteiger partial charge is 0.179 e. The van der Waals surface area contributed by atoms with Crippen LogP contribution in [-0.4, -0.2) is 15.0 Å². The van der Waals surface area contributed by atoms with Gasteiger partial charge < -0.3 is 0 Å². The Balaban J connectivity index is 2.20. The van der Waals surface area contributed by atoms with Gasteiger partial charge in [-0.3, -0.25) is 0 Å². The fraction of sp³-hybridized carbons (Fsp3) is 0. The number of para-hydroxylation sites is 3. The van der Waals surface area contributed by atoms with Crippen LogP contribution in [0.15, 0.2) is 54.6 Å². The van der Waals surface area contributed by atoms with Crippen LogP contribution in [-0.2, 0) is 0 Å². The summed E-state index contributed by atoms with van der Waals surface area (Å²) in [5, 5.41) is 1.09. The summed E-state index contributed by atoms with van der Waals surface area (Å²) in [7, 11) is 0. The third kappa shape index (κ3) is 1.34. The van der Waals surface area contributed by atoms with Crippen molar-refractivity contribution in [3.05, 3.63) is 54.6 Å². The van der Waals surface area contributed by atoms with Crippen molar-refractivity contribution in [2.45, 2.75) is 0 Å². The van der Waals surface area contributed by atoms with Crippen molar-refractivity contribution in [2.75, 3.05) is 0 Å². The van der Waals surface area contributed by atoms with Gasteiger partial charge in [-0.25, -0.2) is 15.0 Å². The van der Waals surface area contributed by atoms with E-state index in [0.29, 0.717) is 5.65 Å². The lowest BCUT2D eigenvalue weighted by molar-refractivity contribution is 1.32. The first-order chi connectivity index (χ1) is 8.90. The predicted molar refractivity (Wildman–Crippen MR) is 72.3 cm³/mol. The molecule has 18 heavy (non-hydrogen) atoms. The lowest BCUT2D eigenvalue weighted by Crippen LogP contribution is -1.90. The van der Waals surface area contributed by atoms with E-state index in [1.165, 1.54) is 0 Å². The molecule has 84 valence electrons. The van der Waals surface area contributed by atoms with Crippen LogP contribution < -0.4 is 0 Å². The molecule has 0 saturated carbocycles. The Labute approximate surface area is 103 Å². The van der Waals surface area contributed by atoms with Crippen LogP contribution in [0.25, 0.3) is 33.1 Å². The maximum atomic E-state index is 4.60. The van der Waals surface area contributed by atoms with E-state index in [4.69, 9.17) is 0 Å². The molecule has 0 atom stereocenters. The average molecular weight is 231 g/mol. The Kier molecular flexibility index (Phi) is 1.83. The summed E-state index contributed by atoms with van der Waals surface area (Å²) in [6.07, 6.45) is 0. The molecule has 0 aliphatic heterocycles. The number of pyridine rings is 1. The normalized spacial score (nSPS) is 11.3.